The first-order valence-electron chi connectivity index (χ1n) is 3.36. The second-order valence-electron chi connectivity index (χ2n) is 2.24. The van der Waals surface area contributed by atoms with E-state index in [4.69, 9.17) is 10.1 Å². The summed E-state index contributed by atoms with van der Waals surface area (Å²) in [6.45, 7) is 1.28. The molecule has 1 aliphatic rings. The molecule has 0 bridgehead atoms. The molecule has 0 unspecified atom stereocenters. The van der Waals surface area contributed by atoms with E-state index in [-0.39, 0.29) is 0 Å². The molecule has 0 atom stereocenters. The van der Waals surface area contributed by atoms with Gasteiger partial charge in [0.1, 0.15) is 0 Å². The maximum Gasteiger partial charge on any atom is 0.0748 e. The summed E-state index contributed by atoms with van der Waals surface area (Å²) >= 11 is 0. The second-order valence-corrected chi connectivity index (χ2v) is 2.24. The van der Waals surface area contributed by atoms with Crippen molar-refractivity contribution in [3.63, 3.8) is 0 Å². The molecule has 0 aromatic rings. The van der Waals surface area contributed by atoms with E-state index in [0.717, 1.165) is 12.0 Å². The molecule has 3 heteroatoms. The van der Waals surface area contributed by atoms with Crippen LogP contribution in [0.4, 0.5) is 0 Å². The summed E-state index contributed by atoms with van der Waals surface area (Å²) in [4.78, 5) is 0. The van der Waals surface area contributed by atoms with Crippen LogP contribution in [0.1, 0.15) is 6.42 Å². The Morgan fingerprint density at radius 2 is 2.50 bits per heavy atom. The average Bonchev–Trinajstić information content (AvgIpc) is 1.94. The van der Waals surface area contributed by atoms with Gasteiger partial charge in [-0.15, -0.1) is 0 Å². The maximum atomic E-state index is 7.46. The van der Waals surface area contributed by atoms with Gasteiger partial charge in [0, 0.05) is 31.0 Å². The number of hydrogen-bond acceptors (Lipinski definition) is 3. The van der Waals surface area contributed by atoms with Crippen LogP contribution in [0.15, 0.2) is 11.8 Å². The monoisotopic (exact) mass is 140 g/mol. The molecule has 1 fully saturated rings. The zero-order chi connectivity index (χ0) is 7.40. The molecule has 0 aromatic carbocycles. The van der Waals surface area contributed by atoms with E-state index in [0.29, 0.717) is 18.9 Å². The van der Waals surface area contributed by atoms with Crippen LogP contribution in [-0.2, 0) is 4.74 Å². The zero-order valence-corrected chi connectivity index (χ0v) is 6.11. The van der Waals surface area contributed by atoms with Gasteiger partial charge in [0.15, 0.2) is 0 Å². The third kappa shape index (κ3) is 1.57. The first-order valence-corrected chi connectivity index (χ1v) is 3.36. The summed E-state index contributed by atoms with van der Waals surface area (Å²) in [6, 6.07) is 0. The van der Waals surface area contributed by atoms with Crippen LogP contribution in [0.2, 0.25) is 0 Å². The summed E-state index contributed by atoms with van der Waals surface area (Å²) in [7, 11) is 1.83. The van der Waals surface area contributed by atoms with Crippen molar-refractivity contribution < 1.29 is 4.74 Å². The fraction of sp³-hybridized carbons (Fsp3) is 0.571. The summed E-state index contributed by atoms with van der Waals surface area (Å²) in [6.07, 6.45) is 2.56. The van der Waals surface area contributed by atoms with Gasteiger partial charge in [-0.3, -0.25) is 0 Å². The lowest BCUT2D eigenvalue weighted by atomic mass is 10.1. The highest BCUT2D eigenvalue weighted by atomic mass is 16.5. The van der Waals surface area contributed by atoms with Gasteiger partial charge in [0.2, 0.25) is 0 Å². The molecule has 0 radical (unpaired) electrons. The molecule has 2 N–H and O–H groups in total. The molecule has 1 saturated heterocycles. The molecule has 0 amide bonds. The third-order valence-corrected chi connectivity index (χ3v) is 1.46. The van der Waals surface area contributed by atoms with Gasteiger partial charge in [-0.05, 0) is 0 Å². The first kappa shape index (κ1) is 7.28. The molecule has 1 rings (SSSR count). The van der Waals surface area contributed by atoms with E-state index in [1.807, 2.05) is 13.2 Å². The van der Waals surface area contributed by atoms with Crippen molar-refractivity contribution in [2.24, 2.45) is 0 Å². The summed E-state index contributed by atoms with van der Waals surface area (Å²) in [5, 5.41) is 10.3. The van der Waals surface area contributed by atoms with Crippen LogP contribution in [0.25, 0.3) is 0 Å². The van der Waals surface area contributed by atoms with E-state index < -0.39 is 0 Å². The molecular weight excluding hydrogens is 128 g/mol. The largest absolute Gasteiger partial charge is 0.394 e. The maximum absolute atomic E-state index is 7.46. The lowest BCUT2D eigenvalue weighted by Crippen LogP contribution is -2.19. The minimum Gasteiger partial charge on any atom is -0.394 e. The van der Waals surface area contributed by atoms with E-state index in [1.165, 1.54) is 0 Å². The van der Waals surface area contributed by atoms with Gasteiger partial charge < -0.3 is 15.5 Å². The minimum absolute atomic E-state index is 0.583. The zero-order valence-electron chi connectivity index (χ0n) is 6.11. The second kappa shape index (κ2) is 3.37. The molecule has 10 heavy (non-hydrogen) atoms. The van der Waals surface area contributed by atoms with Crippen LogP contribution < -0.4 is 5.32 Å². The fourth-order valence-corrected chi connectivity index (χ4v) is 0.907. The van der Waals surface area contributed by atoms with Crippen molar-refractivity contribution in [1.82, 2.24) is 5.32 Å². The average molecular weight is 140 g/mol. The normalized spacial score (nSPS) is 23.3. The minimum atomic E-state index is 0.583. The Labute approximate surface area is 60.6 Å². The van der Waals surface area contributed by atoms with Crippen LogP contribution in [-0.4, -0.2) is 26.0 Å². The first-order chi connectivity index (χ1) is 4.84. The van der Waals surface area contributed by atoms with Crippen molar-refractivity contribution in [3.05, 3.63) is 11.8 Å². The molecule has 1 heterocycles. The van der Waals surface area contributed by atoms with Gasteiger partial charge in [-0.1, -0.05) is 0 Å². The molecule has 56 valence electrons. The van der Waals surface area contributed by atoms with E-state index >= 15 is 0 Å². The van der Waals surface area contributed by atoms with Gasteiger partial charge in [-0.2, -0.15) is 0 Å². The lowest BCUT2D eigenvalue weighted by Gasteiger charge is -2.15. The number of nitrogens with one attached hydrogen (secondary N) is 2. The Bertz CT molecular complexity index is 163. The summed E-state index contributed by atoms with van der Waals surface area (Å²) in [5.74, 6) is 0. The van der Waals surface area contributed by atoms with E-state index in [1.54, 1.807) is 0 Å². The van der Waals surface area contributed by atoms with Gasteiger partial charge in [-0.25, -0.2) is 0 Å². The van der Waals surface area contributed by atoms with Crippen LogP contribution in [0.3, 0.4) is 0 Å². The Morgan fingerprint density at radius 3 is 3.10 bits per heavy atom. The van der Waals surface area contributed by atoms with Crippen LogP contribution in [0, 0.1) is 5.41 Å². The van der Waals surface area contributed by atoms with Gasteiger partial charge in [0.05, 0.1) is 13.2 Å². The molecule has 1 aliphatic heterocycles. The van der Waals surface area contributed by atoms with Crippen molar-refractivity contribution >= 4 is 5.71 Å². The van der Waals surface area contributed by atoms with Gasteiger partial charge >= 0.3 is 0 Å². The predicted molar refractivity (Wildman–Crippen MR) is 40.3 cm³/mol. The highest BCUT2D eigenvalue weighted by Crippen LogP contribution is 2.06. The molecule has 0 aromatic heterocycles. The fourth-order valence-electron chi connectivity index (χ4n) is 0.907. The van der Waals surface area contributed by atoms with Crippen molar-refractivity contribution in [2.45, 2.75) is 6.42 Å². The van der Waals surface area contributed by atoms with Crippen LogP contribution >= 0.6 is 0 Å². The smallest absolute Gasteiger partial charge is 0.0748 e. The van der Waals surface area contributed by atoms with Crippen molar-refractivity contribution in [3.8, 4) is 0 Å². The highest BCUT2D eigenvalue weighted by molar-refractivity contribution is 5.98. The number of rotatable bonds is 1. The van der Waals surface area contributed by atoms with Crippen molar-refractivity contribution in [2.75, 3.05) is 20.3 Å². The van der Waals surface area contributed by atoms with Crippen LogP contribution in [0.5, 0.6) is 0 Å². The highest BCUT2D eigenvalue weighted by Gasteiger charge is 2.10. The summed E-state index contributed by atoms with van der Waals surface area (Å²) < 4.78 is 5.16. The van der Waals surface area contributed by atoms with Crippen molar-refractivity contribution in [1.29, 1.82) is 5.41 Å². The number of hydrogen-bond donors (Lipinski definition) is 2. The Morgan fingerprint density at radius 1 is 1.70 bits per heavy atom. The molecule has 0 saturated carbocycles. The predicted octanol–water partition coefficient (Wildman–Crippen LogP) is 0.530. The molecular formula is C7H12N2O. The molecule has 0 aliphatic carbocycles. The molecule has 0 spiro atoms. The van der Waals surface area contributed by atoms with Gasteiger partial charge in [0.25, 0.3) is 0 Å². The Kier molecular flexibility index (Phi) is 2.45. The van der Waals surface area contributed by atoms with E-state index in [2.05, 4.69) is 5.32 Å². The topological polar surface area (TPSA) is 45.1 Å². The third-order valence-electron chi connectivity index (χ3n) is 1.46. The Hall–Kier alpha value is -0.830. The SMILES string of the molecule is CN/C=C1/COCCC1=N. The molecule has 3 nitrogen and oxygen atoms in total. The quantitative estimate of drug-likeness (QED) is 0.558. The summed E-state index contributed by atoms with van der Waals surface area (Å²) in [5.41, 5.74) is 1.66. The number of ether oxygens (including phenoxy) is 1. The van der Waals surface area contributed by atoms with E-state index in [9.17, 15) is 0 Å². The Balaban J connectivity index is 2.56. The standard InChI is InChI=1S/C7H12N2O/c1-9-4-6-5-10-3-2-7(6)8/h4,8-9H,2-3,5H2,1H3/b6-4-,8-7?. The lowest BCUT2D eigenvalue weighted by molar-refractivity contribution is 0.156.